The van der Waals surface area contributed by atoms with Crippen LogP contribution in [0.4, 0.5) is 5.69 Å². The van der Waals surface area contributed by atoms with Crippen LogP contribution in [0.3, 0.4) is 0 Å². The average molecular weight is 481 g/mol. The quantitative estimate of drug-likeness (QED) is 0.380. The van der Waals surface area contributed by atoms with Crippen LogP contribution in [-0.2, 0) is 6.54 Å². The SMILES string of the molecule is Cc1oc(-c2ccc(C(=O)N[C@H](C)c3ccccc3)cc2)nc1CN1CCN(c2ccccc2)CC1. The summed E-state index contributed by atoms with van der Waals surface area (Å²) in [7, 11) is 0. The van der Waals surface area contributed by atoms with Gasteiger partial charge in [-0.15, -0.1) is 0 Å². The van der Waals surface area contributed by atoms with Crippen LogP contribution >= 0.6 is 0 Å². The number of aromatic nitrogens is 1. The van der Waals surface area contributed by atoms with E-state index in [0.717, 1.165) is 55.3 Å². The van der Waals surface area contributed by atoms with Gasteiger partial charge < -0.3 is 14.6 Å². The first-order valence-corrected chi connectivity index (χ1v) is 12.5. The van der Waals surface area contributed by atoms with E-state index in [0.29, 0.717) is 11.5 Å². The first-order chi connectivity index (χ1) is 17.6. The molecule has 0 spiro atoms. The Balaban J connectivity index is 1.19. The van der Waals surface area contributed by atoms with Crippen LogP contribution < -0.4 is 10.2 Å². The van der Waals surface area contributed by atoms with Crippen LogP contribution in [-0.4, -0.2) is 42.0 Å². The summed E-state index contributed by atoms with van der Waals surface area (Å²) in [5, 5.41) is 3.06. The van der Waals surface area contributed by atoms with Crippen LogP contribution in [0.2, 0.25) is 0 Å². The molecular formula is C30H32N4O2. The number of rotatable bonds is 7. The first-order valence-electron chi connectivity index (χ1n) is 12.5. The Bertz CT molecular complexity index is 1280. The number of oxazole rings is 1. The Morgan fingerprint density at radius 1 is 0.917 bits per heavy atom. The maximum Gasteiger partial charge on any atom is 0.251 e. The second-order valence-electron chi connectivity index (χ2n) is 9.30. The van der Waals surface area contributed by atoms with Crippen molar-refractivity contribution >= 4 is 11.6 Å². The van der Waals surface area contributed by atoms with Gasteiger partial charge in [-0.05, 0) is 55.8 Å². The summed E-state index contributed by atoms with van der Waals surface area (Å²) in [6.45, 7) is 8.71. The molecule has 6 nitrogen and oxygen atoms in total. The number of hydrogen-bond donors (Lipinski definition) is 1. The third kappa shape index (κ3) is 5.50. The van der Waals surface area contributed by atoms with Crippen molar-refractivity contribution in [2.24, 2.45) is 0 Å². The predicted octanol–water partition coefficient (Wildman–Crippen LogP) is 5.46. The van der Waals surface area contributed by atoms with Gasteiger partial charge in [-0.1, -0.05) is 48.5 Å². The minimum Gasteiger partial charge on any atom is -0.441 e. The minimum atomic E-state index is -0.100. The summed E-state index contributed by atoms with van der Waals surface area (Å²) in [6.07, 6.45) is 0. The van der Waals surface area contributed by atoms with Crippen molar-refractivity contribution in [2.45, 2.75) is 26.4 Å². The second-order valence-corrected chi connectivity index (χ2v) is 9.30. The number of nitrogens with one attached hydrogen (secondary N) is 1. The van der Waals surface area contributed by atoms with Gasteiger partial charge in [-0.25, -0.2) is 4.98 Å². The highest BCUT2D eigenvalue weighted by Crippen LogP contribution is 2.24. The number of aryl methyl sites for hydroxylation is 1. The van der Waals surface area contributed by atoms with Crippen molar-refractivity contribution < 1.29 is 9.21 Å². The van der Waals surface area contributed by atoms with Crippen molar-refractivity contribution in [2.75, 3.05) is 31.1 Å². The zero-order chi connectivity index (χ0) is 24.9. The number of para-hydroxylation sites is 1. The molecule has 0 bridgehead atoms. The molecule has 1 saturated heterocycles. The Hall–Kier alpha value is -3.90. The minimum absolute atomic E-state index is 0.0649. The Kier molecular flexibility index (Phi) is 7.14. The van der Waals surface area contributed by atoms with E-state index in [1.54, 1.807) is 0 Å². The summed E-state index contributed by atoms with van der Waals surface area (Å²) >= 11 is 0. The van der Waals surface area contributed by atoms with Crippen LogP contribution in [0.5, 0.6) is 0 Å². The van der Waals surface area contributed by atoms with Crippen molar-refractivity contribution in [1.82, 2.24) is 15.2 Å². The molecule has 0 saturated carbocycles. The molecule has 3 aromatic carbocycles. The van der Waals surface area contributed by atoms with Crippen LogP contribution in [0.25, 0.3) is 11.5 Å². The van der Waals surface area contributed by atoms with Gasteiger partial charge in [0.05, 0.1) is 11.7 Å². The summed E-state index contributed by atoms with van der Waals surface area (Å²) < 4.78 is 6.01. The largest absolute Gasteiger partial charge is 0.441 e. The van der Waals surface area contributed by atoms with Gasteiger partial charge in [-0.3, -0.25) is 9.69 Å². The summed E-state index contributed by atoms with van der Waals surface area (Å²) in [6, 6.07) is 27.9. The van der Waals surface area contributed by atoms with Gasteiger partial charge in [0.15, 0.2) is 0 Å². The Labute approximate surface area is 212 Å². The van der Waals surface area contributed by atoms with E-state index in [1.807, 2.05) is 68.4 Å². The van der Waals surface area contributed by atoms with E-state index in [9.17, 15) is 4.79 Å². The molecule has 2 heterocycles. The highest BCUT2D eigenvalue weighted by Gasteiger charge is 2.20. The number of carbonyl (C=O) groups is 1. The summed E-state index contributed by atoms with van der Waals surface area (Å²) in [5.41, 5.74) is 4.80. The van der Waals surface area contributed by atoms with Gasteiger partial charge in [0.1, 0.15) is 5.76 Å². The normalized spacial score (nSPS) is 15.0. The number of benzene rings is 3. The molecule has 1 atom stereocenters. The molecule has 1 aromatic heterocycles. The monoisotopic (exact) mass is 480 g/mol. The molecule has 5 rings (SSSR count). The first kappa shape index (κ1) is 23.8. The third-order valence-electron chi connectivity index (χ3n) is 6.80. The lowest BCUT2D eigenvalue weighted by atomic mass is 10.1. The van der Waals surface area contributed by atoms with Gasteiger partial charge in [0.25, 0.3) is 5.91 Å². The standard InChI is InChI=1S/C30H32N4O2/c1-22(24-9-5-3-6-10-24)31-29(35)25-13-15-26(16-14-25)30-32-28(23(2)36-30)21-33-17-19-34(20-18-33)27-11-7-4-8-12-27/h3-16,22H,17-21H2,1-2H3,(H,31,35)/t22-/m1/s1. The zero-order valence-corrected chi connectivity index (χ0v) is 20.9. The van der Waals surface area contributed by atoms with Gasteiger partial charge >= 0.3 is 0 Å². The van der Waals surface area contributed by atoms with Gasteiger partial charge in [-0.2, -0.15) is 0 Å². The van der Waals surface area contributed by atoms with E-state index in [2.05, 4.69) is 45.4 Å². The van der Waals surface area contributed by atoms with Gasteiger partial charge in [0.2, 0.25) is 5.89 Å². The number of nitrogens with zero attached hydrogens (tertiary/aromatic N) is 3. The molecule has 1 aliphatic heterocycles. The van der Waals surface area contributed by atoms with E-state index >= 15 is 0 Å². The molecule has 1 N–H and O–H groups in total. The van der Waals surface area contributed by atoms with Crippen molar-refractivity contribution in [3.63, 3.8) is 0 Å². The van der Waals surface area contributed by atoms with Crippen molar-refractivity contribution in [3.05, 3.63) is 108 Å². The summed E-state index contributed by atoms with van der Waals surface area (Å²) in [4.78, 5) is 22.4. The predicted molar refractivity (Wildman–Crippen MR) is 143 cm³/mol. The van der Waals surface area contributed by atoms with Crippen molar-refractivity contribution in [1.29, 1.82) is 0 Å². The fourth-order valence-electron chi connectivity index (χ4n) is 4.58. The molecule has 0 unspecified atom stereocenters. The molecule has 4 aromatic rings. The van der Waals surface area contributed by atoms with Crippen molar-refractivity contribution in [3.8, 4) is 11.5 Å². The topological polar surface area (TPSA) is 61.6 Å². The van der Waals surface area contributed by atoms with E-state index in [-0.39, 0.29) is 11.9 Å². The fourth-order valence-corrected chi connectivity index (χ4v) is 4.58. The number of piperazine rings is 1. The van der Waals surface area contributed by atoms with E-state index in [1.165, 1.54) is 5.69 Å². The fraction of sp³-hybridized carbons (Fsp3) is 0.267. The number of hydrogen-bond acceptors (Lipinski definition) is 5. The van der Waals surface area contributed by atoms with Crippen LogP contribution in [0.1, 0.15) is 40.3 Å². The van der Waals surface area contributed by atoms with Crippen LogP contribution in [0.15, 0.2) is 89.3 Å². The average Bonchev–Trinajstić information content (AvgIpc) is 3.30. The lowest BCUT2D eigenvalue weighted by Crippen LogP contribution is -2.46. The Morgan fingerprint density at radius 3 is 2.22 bits per heavy atom. The van der Waals surface area contributed by atoms with E-state index < -0.39 is 0 Å². The lowest BCUT2D eigenvalue weighted by molar-refractivity contribution is 0.0940. The number of carbonyl (C=O) groups excluding carboxylic acids is 1. The molecule has 0 radical (unpaired) electrons. The van der Waals surface area contributed by atoms with Crippen LogP contribution in [0, 0.1) is 6.92 Å². The molecule has 1 fully saturated rings. The maximum absolute atomic E-state index is 12.7. The molecule has 36 heavy (non-hydrogen) atoms. The van der Waals surface area contributed by atoms with E-state index in [4.69, 9.17) is 9.40 Å². The molecule has 0 aliphatic carbocycles. The van der Waals surface area contributed by atoms with Gasteiger partial charge in [0, 0.05) is 49.5 Å². The molecule has 184 valence electrons. The number of anilines is 1. The molecule has 1 amide bonds. The lowest BCUT2D eigenvalue weighted by Gasteiger charge is -2.35. The summed E-state index contributed by atoms with van der Waals surface area (Å²) in [5.74, 6) is 1.33. The highest BCUT2D eigenvalue weighted by molar-refractivity contribution is 5.94. The third-order valence-corrected chi connectivity index (χ3v) is 6.80. The Morgan fingerprint density at radius 2 is 1.56 bits per heavy atom. The molecule has 6 heteroatoms. The highest BCUT2D eigenvalue weighted by atomic mass is 16.4. The maximum atomic E-state index is 12.7. The second kappa shape index (κ2) is 10.8. The molecular weight excluding hydrogens is 448 g/mol. The molecule has 1 aliphatic rings. The smallest absolute Gasteiger partial charge is 0.251 e. The zero-order valence-electron chi connectivity index (χ0n) is 20.9. The number of amides is 1.